The van der Waals surface area contributed by atoms with E-state index in [-0.39, 0.29) is 17.1 Å². The first-order chi connectivity index (χ1) is 14.4. The number of likely N-dealkylation sites (tertiary alicyclic amines) is 1. The second-order valence-corrected chi connectivity index (χ2v) is 8.79. The summed E-state index contributed by atoms with van der Waals surface area (Å²) in [6, 6.07) is 8.39. The highest BCUT2D eigenvalue weighted by Crippen LogP contribution is 2.27. The molecule has 160 valence electrons. The van der Waals surface area contributed by atoms with E-state index in [2.05, 4.69) is 37.4 Å². The Morgan fingerprint density at radius 3 is 2.53 bits per heavy atom. The van der Waals surface area contributed by atoms with Crippen molar-refractivity contribution in [2.24, 2.45) is 0 Å². The summed E-state index contributed by atoms with van der Waals surface area (Å²) in [5, 5.41) is 8.25. The number of nitrogens with one attached hydrogen (secondary N) is 2. The molecule has 2 N–H and O–H groups in total. The molecule has 0 amide bonds. The Hall–Kier alpha value is -2.87. The van der Waals surface area contributed by atoms with Crippen molar-refractivity contribution < 1.29 is 4.74 Å². The number of rotatable bonds is 6. The number of aromatic nitrogens is 4. The van der Waals surface area contributed by atoms with Gasteiger partial charge in [-0.1, -0.05) is 12.1 Å². The number of anilines is 1. The van der Waals surface area contributed by atoms with E-state index in [0.717, 1.165) is 18.8 Å². The first kappa shape index (κ1) is 20.4. The van der Waals surface area contributed by atoms with Crippen LogP contribution in [0.4, 0.5) is 5.95 Å². The number of ether oxygens (including phenoxy) is 1. The van der Waals surface area contributed by atoms with Crippen LogP contribution in [-0.2, 0) is 5.54 Å². The SMILES string of the molecule is COc1ccc(C(CNc2nc3c(cnn3C(C)(C)C)c(=O)[nH]2)N2CCCC2)cc1. The lowest BCUT2D eigenvalue weighted by atomic mass is 10.1. The molecule has 1 saturated heterocycles. The fourth-order valence-corrected chi connectivity index (χ4v) is 4.02. The molecular formula is C22H30N6O2. The maximum atomic E-state index is 12.6. The molecule has 4 rings (SSSR count). The Morgan fingerprint density at radius 2 is 1.90 bits per heavy atom. The summed E-state index contributed by atoms with van der Waals surface area (Å²) in [6.45, 7) is 8.91. The second kappa shape index (κ2) is 8.10. The zero-order chi connectivity index (χ0) is 21.3. The van der Waals surface area contributed by atoms with Gasteiger partial charge in [0.05, 0.1) is 24.9 Å². The molecule has 3 aromatic rings. The highest BCUT2D eigenvalue weighted by Gasteiger charge is 2.24. The Bertz CT molecular complexity index is 1060. The molecule has 8 nitrogen and oxygen atoms in total. The van der Waals surface area contributed by atoms with Gasteiger partial charge in [-0.25, -0.2) is 4.68 Å². The third kappa shape index (κ3) is 4.05. The van der Waals surface area contributed by atoms with Crippen LogP contribution >= 0.6 is 0 Å². The minimum atomic E-state index is -0.263. The normalized spacial score (nSPS) is 16.1. The number of methoxy groups -OCH3 is 1. The third-order valence-electron chi connectivity index (χ3n) is 5.62. The smallest absolute Gasteiger partial charge is 0.263 e. The van der Waals surface area contributed by atoms with Gasteiger partial charge in [-0.05, 0) is 64.4 Å². The molecule has 8 heteroatoms. The molecule has 1 aliphatic rings. The van der Waals surface area contributed by atoms with E-state index < -0.39 is 0 Å². The quantitative estimate of drug-likeness (QED) is 0.649. The number of H-pyrrole nitrogens is 1. The molecule has 1 aromatic carbocycles. The minimum absolute atomic E-state index is 0.180. The summed E-state index contributed by atoms with van der Waals surface area (Å²) in [4.78, 5) is 22.6. The molecule has 0 radical (unpaired) electrons. The molecule has 1 fully saturated rings. The molecule has 1 unspecified atom stereocenters. The van der Waals surface area contributed by atoms with Crippen molar-refractivity contribution in [2.45, 2.75) is 45.2 Å². The largest absolute Gasteiger partial charge is 0.497 e. The van der Waals surface area contributed by atoms with Crippen molar-refractivity contribution in [1.82, 2.24) is 24.6 Å². The highest BCUT2D eigenvalue weighted by atomic mass is 16.5. The number of hydrogen-bond acceptors (Lipinski definition) is 6. The average Bonchev–Trinajstić information content (AvgIpc) is 3.38. The van der Waals surface area contributed by atoms with Gasteiger partial charge in [0.25, 0.3) is 5.56 Å². The molecular weight excluding hydrogens is 380 g/mol. The van der Waals surface area contributed by atoms with E-state index in [9.17, 15) is 4.79 Å². The summed E-state index contributed by atoms with van der Waals surface area (Å²) >= 11 is 0. The molecule has 3 heterocycles. The number of fused-ring (bicyclic) bond motifs is 1. The predicted molar refractivity (Wildman–Crippen MR) is 118 cm³/mol. The van der Waals surface area contributed by atoms with Crippen LogP contribution in [0.1, 0.15) is 45.2 Å². The number of aromatic amines is 1. The van der Waals surface area contributed by atoms with Gasteiger partial charge >= 0.3 is 0 Å². The molecule has 2 aromatic heterocycles. The van der Waals surface area contributed by atoms with Crippen LogP contribution in [0, 0.1) is 0 Å². The molecule has 0 saturated carbocycles. The fourth-order valence-electron chi connectivity index (χ4n) is 4.02. The Kier molecular flexibility index (Phi) is 5.51. The topological polar surface area (TPSA) is 88.1 Å². The van der Waals surface area contributed by atoms with Crippen LogP contribution in [0.15, 0.2) is 35.3 Å². The number of nitrogens with zero attached hydrogens (tertiary/aromatic N) is 4. The van der Waals surface area contributed by atoms with Crippen molar-refractivity contribution in [3.8, 4) is 5.75 Å². The highest BCUT2D eigenvalue weighted by molar-refractivity contribution is 5.74. The van der Waals surface area contributed by atoms with Crippen LogP contribution in [0.25, 0.3) is 11.0 Å². The number of benzene rings is 1. The van der Waals surface area contributed by atoms with E-state index >= 15 is 0 Å². The van der Waals surface area contributed by atoms with Gasteiger partial charge in [-0.2, -0.15) is 10.1 Å². The van der Waals surface area contributed by atoms with Gasteiger partial charge in [0.1, 0.15) is 11.1 Å². The van der Waals surface area contributed by atoms with Gasteiger partial charge in [0.2, 0.25) is 5.95 Å². The molecule has 1 atom stereocenters. The summed E-state index contributed by atoms with van der Waals surface area (Å²) in [6.07, 6.45) is 4.00. The Morgan fingerprint density at radius 1 is 1.20 bits per heavy atom. The monoisotopic (exact) mass is 410 g/mol. The molecule has 0 aliphatic carbocycles. The van der Waals surface area contributed by atoms with E-state index in [1.54, 1.807) is 18.0 Å². The maximum Gasteiger partial charge on any atom is 0.263 e. The lowest BCUT2D eigenvalue weighted by molar-refractivity contribution is 0.255. The standard InChI is InChI=1S/C22H30N6O2/c1-22(2,3)28-19-17(13-24-28)20(29)26-21(25-19)23-14-18(27-11-5-6-12-27)15-7-9-16(30-4)10-8-15/h7-10,13,18H,5-6,11-12,14H2,1-4H3,(H2,23,25,26,29). The summed E-state index contributed by atoms with van der Waals surface area (Å²) in [7, 11) is 1.68. The molecule has 1 aliphatic heterocycles. The third-order valence-corrected chi connectivity index (χ3v) is 5.62. The predicted octanol–water partition coefficient (Wildman–Crippen LogP) is 3.13. The first-order valence-corrected chi connectivity index (χ1v) is 10.5. The summed E-state index contributed by atoms with van der Waals surface area (Å²) in [5.41, 5.74) is 1.37. The van der Waals surface area contributed by atoms with Crippen molar-refractivity contribution in [2.75, 3.05) is 32.1 Å². The average molecular weight is 411 g/mol. The first-order valence-electron chi connectivity index (χ1n) is 10.5. The van der Waals surface area contributed by atoms with Crippen molar-refractivity contribution in [1.29, 1.82) is 0 Å². The maximum absolute atomic E-state index is 12.6. The van der Waals surface area contributed by atoms with E-state index in [1.165, 1.54) is 18.4 Å². The van der Waals surface area contributed by atoms with E-state index in [1.807, 2.05) is 32.9 Å². The van der Waals surface area contributed by atoms with E-state index in [0.29, 0.717) is 23.5 Å². The summed E-state index contributed by atoms with van der Waals surface area (Å²) in [5.74, 6) is 1.31. The molecule has 0 bridgehead atoms. The molecule has 0 spiro atoms. The number of hydrogen-bond donors (Lipinski definition) is 2. The zero-order valence-electron chi connectivity index (χ0n) is 18.1. The zero-order valence-corrected chi connectivity index (χ0v) is 18.1. The van der Waals surface area contributed by atoms with Crippen LogP contribution in [-0.4, -0.2) is 51.4 Å². The van der Waals surface area contributed by atoms with Crippen molar-refractivity contribution >= 4 is 17.0 Å². The lowest BCUT2D eigenvalue weighted by Gasteiger charge is -2.28. The van der Waals surface area contributed by atoms with Crippen molar-refractivity contribution in [3.05, 3.63) is 46.4 Å². The lowest BCUT2D eigenvalue weighted by Crippen LogP contribution is -2.31. The van der Waals surface area contributed by atoms with Crippen molar-refractivity contribution in [3.63, 3.8) is 0 Å². The Balaban J connectivity index is 1.61. The van der Waals surface area contributed by atoms with Crippen LogP contribution < -0.4 is 15.6 Å². The van der Waals surface area contributed by atoms with Gasteiger partial charge in [0.15, 0.2) is 5.65 Å². The second-order valence-electron chi connectivity index (χ2n) is 8.79. The minimum Gasteiger partial charge on any atom is -0.497 e. The molecule has 30 heavy (non-hydrogen) atoms. The fraction of sp³-hybridized carbons (Fsp3) is 0.500. The Labute approximate surface area is 176 Å². The van der Waals surface area contributed by atoms with Crippen LogP contribution in [0.3, 0.4) is 0 Å². The van der Waals surface area contributed by atoms with Gasteiger partial charge in [-0.15, -0.1) is 0 Å². The van der Waals surface area contributed by atoms with Crippen LogP contribution in [0.5, 0.6) is 5.75 Å². The van der Waals surface area contributed by atoms with Gasteiger partial charge in [-0.3, -0.25) is 14.7 Å². The van der Waals surface area contributed by atoms with Gasteiger partial charge in [0, 0.05) is 6.54 Å². The van der Waals surface area contributed by atoms with Gasteiger partial charge < -0.3 is 10.1 Å². The van der Waals surface area contributed by atoms with E-state index in [4.69, 9.17) is 4.74 Å². The van der Waals surface area contributed by atoms with Crippen LogP contribution in [0.2, 0.25) is 0 Å². The summed E-state index contributed by atoms with van der Waals surface area (Å²) < 4.78 is 7.10.